The maximum absolute atomic E-state index is 13.3. The van der Waals surface area contributed by atoms with Crippen LogP contribution in [0.15, 0.2) is 0 Å². The predicted molar refractivity (Wildman–Crippen MR) is 97.7 cm³/mol. The molecular formula is C19H28F3N5O. The highest BCUT2D eigenvalue weighted by Crippen LogP contribution is 2.33. The predicted octanol–water partition coefficient (Wildman–Crippen LogP) is 2.91. The van der Waals surface area contributed by atoms with Crippen molar-refractivity contribution in [3.8, 4) is 0 Å². The first kappa shape index (κ1) is 19.5. The highest BCUT2D eigenvalue weighted by molar-refractivity contribution is 5.74. The number of carbonyl (C=O) groups is 1. The third kappa shape index (κ3) is 3.99. The van der Waals surface area contributed by atoms with Crippen molar-refractivity contribution >= 4 is 6.03 Å². The van der Waals surface area contributed by atoms with Gasteiger partial charge < -0.3 is 20.1 Å². The van der Waals surface area contributed by atoms with Gasteiger partial charge in [-0.2, -0.15) is 13.2 Å². The molecule has 28 heavy (non-hydrogen) atoms. The monoisotopic (exact) mass is 399 g/mol. The lowest BCUT2D eigenvalue weighted by molar-refractivity contribution is -0.147. The Hall–Kier alpha value is -1.77. The fourth-order valence-corrected chi connectivity index (χ4v) is 4.87. The average Bonchev–Trinajstić information content (AvgIpc) is 3.34. The molecule has 156 valence electrons. The van der Waals surface area contributed by atoms with Crippen molar-refractivity contribution in [3.63, 3.8) is 0 Å². The van der Waals surface area contributed by atoms with Gasteiger partial charge in [-0.05, 0) is 57.4 Å². The topological polar surface area (TPSA) is 62.2 Å². The van der Waals surface area contributed by atoms with Gasteiger partial charge in [-0.25, -0.2) is 9.78 Å². The van der Waals surface area contributed by atoms with Crippen LogP contribution in [0.1, 0.15) is 55.7 Å². The number of hydrogen-bond donors (Lipinski definition) is 2. The molecule has 1 aromatic heterocycles. The molecule has 2 saturated heterocycles. The smallest absolute Gasteiger partial charge is 0.332 e. The summed E-state index contributed by atoms with van der Waals surface area (Å²) in [5.74, 6) is -0.225. The van der Waals surface area contributed by atoms with Crippen molar-refractivity contribution in [1.82, 2.24) is 25.1 Å². The summed E-state index contributed by atoms with van der Waals surface area (Å²) < 4.78 is 41.1. The molecule has 1 atom stereocenters. The summed E-state index contributed by atoms with van der Waals surface area (Å²) in [5, 5.41) is 6.34. The van der Waals surface area contributed by atoms with Crippen LogP contribution in [-0.4, -0.2) is 46.2 Å². The Morgan fingerprint density at radius 2 is 1.93 bits per heavy atom. The molecule has 0 saturated carbocycles. The van der Waals surface area contributed by atoms with Gasteiger partial charge in [0.1, 0.15) is 0 Å². The van der Waals surface area contributed by atoms with Crippen molar-refractivity contribution < 1.29 is 18.0 Å². The minimum absolute atomic E-state index is 0.0500. The van der Waals surface area contributed by atoms with E-state index in [1.165, 1.54) is 17.4 Å². The van der Waals surface area contributed by atoms with E-state index in [1.54, 1.807) is 4.90 Å². The van der Waals surface area contributed by atoms with Gasteiger partial charge in [0.25, 0.3) is 0 Å². The standard InChI is InChI=1S/C19H28F3N5O/c20-19(21,22)17-25-15(16-5-1-2-9-27(16)17)12-24-18(28)26-10-6-13(7-11-26)14-4-3-8-23-14/h13-14,23H,1-12H2,(H,24,28). The van der Waals surface area contributed by atoms with Gasteiger partial charge in [0, 0.05) is 31.4 Å². The van der Waals surface area contributed by atoms with Crippen molar-refractivity contribution in [2.45, 2.75) is 70.3 Å². The summed E-state index contributed by atoms with van der Waals surface area (Å²) in [6, 6.07) is 0.368. The SMILES string of the molecule is O=C(NCc1nc(C(F)(F)F)n2c1CCCC2)N1CCC(C2CCCN2)CC1. The number of amides is 2. The second kappa shape index (κ2) is 7.93. The molecule has 4 heterocycles. The Morgan fingerprint density at radius 1 is 1.14 bits per heavy atom. The van der Waals surface area contributed by atoms with Crippen LogP contribution in [0, 0.1) is 5.92 Å². The summed E-state index contributed by atoms with van der Waals surface area (Å²) in [6.07, 6.45) is 2.07. The largest absolute Gasteiger partial charge is 0.449 e. The van der Waals surface area contributed by atoms with Crippen molar-refractivity contribution in [3.05, 3.63) is 17.2 Å². The molecule has 0 spiro atoms. The van der Waals surface area contributed by atoms with E-state index in [0.717, 1.165) is 32.2 Å². The summed E-state index contributed by atoms with van der Waals surface area (Å²) >= 11 is 0. The molecule has 0 aromatic carbocycles. The summed E-state index contributed by atoms with van der Waals surface area (Å²) in [5.41, 5.74) is 0.968. The van der Waals surface area contributed by atoms with Crippen LogP contribution in [0.3, 0.4) is 0 Å². The number of carbonyl (C=O) groups excluding carboxylic acids is 1. The van der Waals surface area contributed by atoms with E-state index < -0.39 is 12.0 Å². The number of urea groups is 1. The molecule has 6 nitrogen and oxygen atoms in total. The molecule has 0 aliphatic carbocycles. The van der Waals surface area contributed by atoms with Gasteiger partial charge in [0.15, 0.2) is 0 Å². The van der Waals surface area contributed by atoms with E-state index in [9.17, 15) is 18.0 Å². The van der Waals surface area contributed by atoms with E-state index in [4.69, 9.17) is 0 Å². The number of nitrogens with zero attached hydrogens (tertiary/aromatic N) is 3. The Bertz CT molecular complexity index is 703. The second-order valence-corrected chi connectivity index (χ2v) is 8.12. The van der Waals surface area contributed by atoms with E-state index in [0.29, 0.717) is 49.4 Å². The lowest BCUT2D eigenvalue weighted by Gasteiger charge is -2.34. The van der Waals surface area contributed by atoms with Gasteiger partial charge in [0.2, 0.25) is 5.82 Å². The third-order valence-corrected chi connectivity index (χ3v) is 6.36. The molecule has 9 heteroatoms. The van der Waals surface area contributed by atoms with E-state index in [1.807, 2.05) is 0 Å². The summed E-state index contributed by atoms with van der Waals surface area (Å²) in [6.45, 7) is 2.87. The van der Waals surface area contributed by atoms with Gasteiger partial charge in [-0.1, -0.05) is 0 Å². The van der Waals surface area contributed by atoms with Crippen LogP contribution in [0.4, 0.5) is 18.0 Å². The quantitative estimate of drug-likeness (QED) is 0.822. The van der Waals surface area contributed by atoms with Crippen LogP contribution >= 0.6 is 0 Å². The Kier molecular flexibility index (Phi) is 5.53. The Morgan fingerprint density at radius 3 is 2.61 bits per heavy atom. The number of piperidine rings is 1. The molecule has 1 aromatic rings. The van der Waals surface area contributed by atoms with Crippen LogP contribution in [0.2, 0.25) is 0 Å². The number of likely N-dealkylation sites (tertiary alicyclic amines) is 1. The lowest BCUT2D eigenvalue weighted by Crippen LogP contribution is -2.47. The number of imidazole rings is 1. The van der Waals surface area contributed by atoms with Crippen molar-refractivity contribution in [2.75, 3.05) is 19.6 Å². The van der Waals surface area contributed by atoms with Crippen LogP contribution in [-0.2, 0) is 25.7 Å². The van der Waals surface area contributed by atoms with Gasteiger partial charge in [0.05, 0.1) is 12.2 Å². The molecule has 1 unspecified atom stereocenters. The van der Waals surface area contributed by atoms with E-state index in [-0.39, 0.29) is 12.6 Å². The minimum Gasteiger partial charge on any atom is -0.332 e. The number of fused-ring (bicyclic) bond motifs is 1. The van der Waals surface area contributed by atoms with Gasteiger partial charge >= 0.3 is 12.2 Å². The van der Waals surface area contributed by atoms with Crippen molar-refractivity contribution in [2.24, 2.45) is 5.92 Å². The zero-order valence-corrected chi connectivity index (χ0v) is 16.0. The number of halogens is 3. The number of rotatable bonds is 3. The minimum atomic E-state index is -4.47. The maximum Gasteiger partial charge on any atom is 0.449 e. The first-order valence-electron chi connectivity index (χ1n) is 10.3. The lowest BCUT2D eigenvalue weighted by atomic mass is 9.89. The normalized spacial score (nSPS) is 23.7. The fraction of sp³-hybridized carbons (Fsp3) is 0.789. The number of aromatic nitrogens is 2. The first-order valence-corrected chi connectivity index (χ1v) is 10.3. The summed E-state index contributed by atoms with van der Waals surface area (Å²) in [7, 11) is 0. The van der Waals surface area contributed by atoms with Crippen LogP contribution in [0.25, 0.3) is 0 Å². The molecule has 0 bridgehead atoms. The maximum atomic E-state index is 13.3. The van der Waals surface area contributed by atoms with Gasteiger partial charge in [-0.3, -0.25) is 0 Å². The summed E-state index contributed by atoms with van der Waals surface area (Å²) in [4.78, 5) is 18.1. The molecule has 4 rings (SSSR count). The highest BCUT2D eigenvalue weighted by atomic mass is 19.4. The van der Waals surface area contributed by atoms with Crippen molar-refractivity contribution in [1.29, 1.82) is 0 Å². The van der Waals surface area contributed by atoms with E-state index >= 15 is 0 Å². The molecule has 2 N–H and O–H groups in total. The second-order valence-electron chi connectivity index (χ2n) is 8.12. The molecule has 0 radical (unpaired) electrons. The zero-order valence-electron chi connectivity index (χ0n) is 16.0. The van der Waals surface area contributed by atoms with Gasteiger partial charge in [-0.15, -0.1) is 0 Å². The van der Waals surface area contributed by atoms with E-state index in [2.05, 4.69) is 15.6 Å². The molecule has 2 fully saturated rings. The number of hydrogen-bond acceptors (Lipinski definition) is 3. The number of alkyl halides is 3. The molecule has 3 aliphatic heterocycles. The Labute approximate surface area is 162 Å². The Balaban J connectivity index is 1.34. The molecule has 3 aliphatic rings. The number of nitrogens with one attached hydrogen (secondary N) is 2. The zero-order chi connectivity index (χ0) is 19.7. The average molecular weight is 399 g/mol. The van der Waals surface area contributed by atoms with Crippen LogP contribution < -0.4 is 10.6 Å². The molecule has 2 amide bonds. The van der Waals surface area contributed by atoms with Crippen LogP contribution in [0.5, 0.6) is 0 Å². The fourth-order valence-electron chi connectivity index (χ4n) is 4.87. The highest BCUT2D eigenvalue weighted by Gasteiger charge is 2.39. The third-order valence-electron chi connectivity index (χ3n) is 6.36. The first-order chi connectivity index (χ1) is 13.4. The molecular weight excluding hydrogens is 371 g/mol.